The number of aromatic nitrogens is 1. The van der Waals surface area contributed by atoms with Crippen molar-refractivity contribution in [1.29, 1.82) is 0 Å². The van der Waals surface area contributed by atoms with Crippen LogP contribution in [0.3, 0.4) is 0 Å². The first-order valence-corrected chi connectivity index (χ1v) is 9.33. The summed E-state index contributed by atoms with van der Waals surface area (Å²) in [7, 11) is 0. The highest BCUT2D eigenvalue weighted by molar-refractivity contribution is 7.13. The maximum Gasteiger partial charge on any atom is 0.257 e. The van der Waals surface area contributed by atoms with E-state index in [4.69, 9.17) is 4.74 Å². The maximum atomic E-state index is 12.1. The smallest absolute Gasteiger partial charge is 0.257 e. The number of anilines is 1. The van der Waals surface area contributed by atoms with Crippen molar-refractivity contribution in [2.24, 2.45) is 0 Å². The summed E-state index contributed by atoms with van der Waals surface area (Å²) >= 11 is 1.36. The third-order valence-electron chi connectivity index (χ3n) is 3.70. The summed E-state index contributed by atoms with van der Waals surface area (Å²) in [6.07, 6.45) is 1.92. The molecular weight excluding hydrogens is 362 g/mol. The van der Waals surface area contributed by atoms with Crippen molar-refractivity contribution in [3.63, 3.8) is 0 Å². The Balaban J connectivity index is 1.40. The molecule has 0 atom stereocenters. The van der Waals surface area contributed by atoms with Gasteiger partial charge < -0.3 is 10.1 Å². The van der Waals surface area contributed by atoms with Gasteiger partial charge in [0.2, 0.25) is 5.91 Å². The van der Waals surface area contributed by atoms with Crippen LogP contribution in [0.1, 0.15) is 22.3 Å². The minimum atomic E-state index is -0.210. The maximum absolute atomic E-state index is 12.1. The van der Waals surface area contributed by atoms with E-state index in [0.717, 1.165) is 11.3 Å². The SMILES string of the molecule is O=C(CCOc1ccccc1)NCc1ccc(C(=O)Nc2nccs2)cc1. The average molecular weight is 381 g/mol. The molecule has 138 valence electrons. The number of nitrogens with zero attached hydrogens (tertiary/aromatic N) is 1. The van der Waals surface area contributed by atoms with Gasteiger partial charge in [0.05, 0.1) is 13.0 Å². The Labute approximate surface area is 161 Å². The van der Waals surface area contributed by atoms with Crippen LogP contribution in [0.4, 0.5) is 5.13 Å². The highest BCUT2D eigenvalue weighted by atomic mass is 32.1. The van der Waals surface area contributed by atoms with Gasteiger partial charge in [0.15, 0.2) is 5.13 Å². The minimum absolute atomic E-state index is 0.0866. The number of ether oxygens (including phenoxy) is 1. The number of nitrogens with one attached hydrogen (secondary N) is 2. The summed E-state index contributed by atoms with van der Waals surface area (Å²) in [6, 6.07) is 16.5. The zero-order chi connectivity index (χ0) is 18.9. The van der Waals surface area contributed by atoms with E-state index >= 15 is 0 Å². The molecule has 0 aliphatic carbocycles. The van der Waals surface area contributed by atoms with Gasteiger partial charge in [-0.05, 0) is 29.8 Å². The second-order valence-electron chi connectivity index (χ2n) is 5.68. The molecule has 6 nitrogen and oxygen atoms in total. The van der Waals surface area contributed by atoms with E-state index in [9.17, 15) is 9.59 Å². The minimum Gasteiger partial charge on any atom is -0.493 e. The molecule has 1 aromatic heterocycles. The van der Waals surface area contributed by atoms with Gasteiger partial charge in [-0.1, -0.05) is 30.3 Å². The Hall–Kier alpha value is -3.19. The van der Waals surface area contributed by atoms with E-state index in [2.05, 4.69) is 15.6 Å². The van der Waals surface area contributed by atoms with Crippen LogP contribution < -0.4 is 15.4 Å². The lowest BCUT2D eigenvalue weighted by molar-refractivity contribution is -0.121. The van der Waals surface area contributed by atoms with Gasteiger partial charge in [0.1, 0.15) is 5.75 Å². The molecule has 0 unspecified atom stereocenters. The molecule has 2 N–H and O–H groups in total. The van der Waals surface area contributed by atoms with Crippen molar-refractivity contribution >= 4 is 28.3 Å². The van der Waals surface area contributed by atoms with Gasteiger partial charge >= 0.3 is 0 Å². The second-order valence-corrected chi connectivity index (χ2v) is 6.57. The Bertz CT molecular complexity index is 865. The number of benzene rings is 2. The molecule has 0 saturated carbocycles. The number of carbonyl (C=O) groups excluding carboxylic acids is 2. The zero-order valence-corrected chi connectivity index (χ0v) is 15.4. The van der Waals surface area contributed by atoms with Crippen LogP contribution in [0, 0.1) is 0 Å². The van der Waals surface area contributed by atoms with Gasteiger partial charge in [-0.25, -0.2) is 4.98 Å². The molecule has 3 rings (SSSR count). The van der Waals surface area contributed by atoms with Crippen molar-refractivity contribution in [2.45, 2.75) is 13.0 Å². The van der Waals surface area contributed by atoms with Crippen LogP contribution in [0.5, 0.6) is 5.75 Å². The fourth-order valence-corrected chi connectivity index (χ4v) is 2.82. The topological polar surface area (TPSA) is 80.3 Å². The Morgan fingerprint density at radius 3 is 2.52 bits per heavy atom. The molecular formula is C20H19N3O3S. The number of thiazole rings is 1. The quantitative estimate of drug-likeness (QED) is 0.626. The van der Waals surface area contributed by atoms with Crippen LogP contribution in [-0.4, -0.2) is 23.4 Å². The third kappa shape index (κ3) is 5.93. The van der Waals surface area contributed by atoms with Gasteiger partial charge in [-0.15, -0.1) is 11.3 Å². The lowest BCUT2D eigenvalue weighted by Gasteiger charge is -2.08. The van der Waals surface area contributed by atoms with Crippen molar-refractivity contribution in [2.75, 3.05) is 11.9 Å². The highest BCUT2D eigenvalue weighted by Gasteiger charge is 2.08. The first-order chi connectivity index (χ1) is 13.2. The number of para-hydroxylation sites is 1. The lowest BCUT2D eigenvalue weighted by Crippen LogP contribution is -2.24. The molecule has 7 heteroatoms. The van der Waals surface area contributed by atoms with Crippen LogP contribution in [0.15, 0.2) is 66.2 Å². The fraction of sp³-hybridized carbons (Fsp3) is 0.150. The van der Waals surface area contributed by atoms with Crippen molar-refractivity contribution < 1.29 is 14.3 Å². The predicted octanol–water partition coefficient (Wildman–Crippen LogP) is 3.48. The molecule has 0 aliphatic heterocycles. The van der Waals surface area contributed by atoms with Crippen LogP contribution in [-0.2, 0) is 11.3 Å². The van der Waals surface area contributed by atoms with E-state index in [1.54, 1.807) is 23.7 Å². The normalized spacial score (nSPS) is 10.2. The van der Waals surface area contributed by atoms with Crippen LogP contribution in [0.25, 0.3) is 0 Å². The first-order valence-electron chi connectivity index (χ1n) is 8.45. The molecule has 2 amide bonds. The Morgan fingerprint density at radius 2 is 1.81 bits per heavy atom. The number of amides is 2. The third-order valence-corrected chi connectivity index (χ3v) is 4.39. The summed E-state index contributed by atoms with van der Waals surface area (Å²) in [5.41, 5.74) is 1.45. The Kier molecular flexibility index (Phi) is 6.54. The molecule has 1 heterocycles. The molecule has 0 bridgehead atoms. The summed E-state index contributed by atoms with van der Waals surface area (Å²) in [4.78, 5) is 28.0. The number of hydrogen-bond donors (Lipinski definition) is 2. The molecule has 3 aromatic rings. The monoisotopic (exact) mass is 381 g/mol. The largest absolute Gasteiger partial charge is 0.493 e. The molecule has 0 saturated heterocycles. The van der Waals surface area contributed by atoms with Crippen molar-refractivity contribution in [1.82, 2.24) is 10.3 Å². The fourth-order valence-electron chi connectivity index (χ4n) is 2.30. The summed E-state index contributed by atoms with van der Waals surface area (Å²) in [6.45, 7) is 0.726. The first kappa shape index (κ1) is 18.6. The Morgan fingerprint density at radius 1 is 1.04 bits per heavy atom. The van der Waals surface area contributed by atoms with Crippen LogP contribution in [0.2, 0.25) is 0 Å². The van der Waals surface area contributed by atoms with E-state index in [1.807, 2.05) is 42.5 Å². The van der Waals surface area contributed by atoms with E-state index < -0.39 is 0 Å². The summed E-state index contributed by atoms with van der Waals surface area (Å²) < 4.78 is 5.50. The molecule has 0 spiro atoms. The summed E-state index contributed by atoms with van der Waals surface area (Å²) in [5.74, 6) is 0.451. The van der Waals surface area contributed by atoms with E-state index in [0.29, 0.717) is 23.8 Å². The van der Waals surface area contributed by atoms with E-state index in [1.165, 1.54) is 11.3 Å². The van der Waals surface area contributed by atoms with Gasteiger partial charge in [-0.3, -0.25) is 14.9 Å². The molecule has 0 fully saturated rings. The highest BCUT2D eigenvalue weighted by Crippen LogP contribution is 2.13. The van der Waals surface area contributed by atoms with Crippen LogP contribution >= 0.6 is 11.3 Å². The van der Waals surface area contributed by atoms with Crippen molar-refractivity contribution in [3.8, 4) is 5.75 Å². The molecule has 0 radical (unpaired) electrons. The predicted molar refractivity (Wildman–Crippen MR) is 105 cm³/mol. The molecule has 0 aliphatic rings. The molecule has 27 heavy (non-hydrogen) atoms. The number of carbonyl (C=O) groups is 2. The van der Waals surface area contributed by atoms with Gasteiger partial charge in [0.25, 0.3) is 5.91 Å². The average Bonchev–Trinajstić information content (AvgIpc) is 3.20. The number of hydrogen-bond acceptors (Lipinski definition) is 5. The van der Waals surface area contributed by atoms with Gasteiger partial charge in [-0.2, -0.15) is 0 Å². The van der Waals surface area contributed by atoms with E-state index in [-0.39, 0.29) is 18.2 Å². The lowest BCUT2D eigenvalue weighted by atomic mass is 10.1. The second kappa shape index (κ2) is 9.49. The zero-order valence-electron chi connectivity index (χ0n) is 14.6. The standard InChI is InChI=1S/C20H19N3O3S/c24-18(10-12-26-17-4-2-1-3-5-17)22-14-15-6-8-16(9-7-15)19(25)23-20-21-11-13-27-20/h1-9,11,13H,10,12,14H2,(H,22,24)(H,21,23,25). The number of rotatable bonds is 8. The van der Waals surface area contributed by atoms with Gasteiger partial charge in [0, 0.05) is 23.7 Å². The van der Waals surface area contributed by atoms with Crippen molar-refractivity contribution in [3.05, 3.63) is 77.3 Å². The summed E-state index contributed by atoms with van der Waals surface area (Å²) in [5, 5.41) is 7.93. The molecule has 2 aromatic carbocycles.